The summed E-state index contributed by atoms with van der Waals surface area (Å²) < 4.78 is 1.92. The van der Waals surface area contributed by atoms with Crippen molar-refractivity contribution in [2.45, 2.75) is 26.4 Å². The van der Waals surface area contributed by atoms with Crippen LogP contribution >= 0.6 is 0 Å². The first-order chi connectivity index (χ1) is 7.59. The third-order valence-electron chi connectivity index (χ3n) is 2.10. The van der Waals surface area contributed by atoms with Crippen LogP contribution in [0.3, 0.4) is 0 Å². The Balaban J connectivity index is 2.19. The van der Waals surface area contributed by atoms with E-state index in [1.807, 2.05) is 16.9 Å². The molecule has 0 fully saturated rings. The quantitative estimate of drug-likeness (QED) is 0.605. The molecule has 1 heterocycles. The van der Waals surface area contributed by atoms with E-state index in [1.165, 1.54) is 0 Å². The van der Waals surface area contributed by atoms with Crippen LogP contribution in [0.5, 0.6) is 0 Å². The van der Waals surface area contributed by atoms with Crippen molar-refractivity contribution in [3.05, 3.63) is 18.0 Å². The lowest BCUT2D eigenvalue weighted by Crippen LogP contribution is -2.35. The first-order valence-corrected chi connectivity index (χ1v) is 5.37. The summed E-state index contributed by atoms with van der Waals surface area (Å²) in [6.07, 6.45) is 1.96. The van der Waals surface area contributed by atoms with Crippen LogP contribution in [0.2, 0.25) is 0 Å². The van der Waals surface area contributed by atoms with E-state index >= 15 is 0 Å². The van der Waals surface area contributed by atoms with Crippen molar-refractivity contribution in [3.8, 4) is 0 Å². The van der Waals surface area contributed by atoms with Crippen LogP contribution in [0, 0.1) is 0 Å². The minimum absolute atomic E-state index is 0.380. The number of carbonyl (C=O) groups is 1. The number of nitrogens with two attached hydrogens (primary N) is 1. The van der Waals surface area contributed by atoms with E-state index in [-0.39, 0.29) is 0 Å². The van der Waals surface area contributed by atoms with Gasteiger partial charge in [0.1, 0.15) is 0 Å². The van der Waals surface area contributed by atoms with Gasteiger partial charge >= 0.3 is 6.03 Å². The standard InChI is InChI=1S/C10H19N5O/c1-8(2)15-6-3-9(14-15)7-12-4-5-13-10(11)16/h3,6,8,12H,4-5,7H2,1-2H3,(H3,11,13,16). The fourth-order valence-corrected chi connectivity index (χ4v) is 1.25. The van der Waals surface area contributed by atoms with E-state index in [2.05, 4.69) is 29.6 Å². The van der Waals surface area contributed by atoms with Crippen LogP contribution in [0.25, 0.3) is 0 Å². The number of primary amides is 1. The lowest BCUT2D eigenvalue weighted by atomic mass is 10.4. The average Bonchev–Trinajstić information content (AvgIpc) is 2.65. The molecule has 0 saturated carbocycles. The van der Waals surface area contributed by atoms with Gasteiger partial charge in [-0.2, -0.15) is 5.10 Å². The lowest BCUT2D eigenvalue weighted by Gasteiger charge is -2.05. The van der Waals surface area contributed by atoms with Gasteiger partial charge in [-0.1, -0.05) is 0 Å². The maximum absolute atomic E-state index is 10.4. The van der Waals surface area contributed by atoms with E-state index in [0.29, 0.717) is 25.7 Å². The van der Waals surface area contributed by atoms with Crippen LogP contribution in [0.1, 0.15) is 25.6 Å². The molecule has 0 aliphatic heterocycles. The Morgan fingerprint density at radius 2 is 2.31 bits per heavy atom. The molecular formula is C10H19N5O. The number of nitrogens with zero attached hydrogens (tertiary/aromatic N) is 2. The molecule has 0 saturated heterocycles. The molecule has 0 aromatic carbocycles. The van der Waals surface area contributed by atoms with Crippen LogP contribution in [0.4, 0.5) is 4.79 Å². The van der Waals surface area contributed by atoms with Crippen LogP contribution < -0.4 is 16.4 Å². The molecule has 6 nitrogen and oxygen atoms in total. The van der Waals surface area contributed by atoms with Gasteiger partial charge in [-0.25, -0.2) is 4.79 Å². The summed E-state index contributed by atoms with van der Waals surface area (Å²) in [6, 6.07) is 1.87. The van der Waals surface area contributed by atoms with Gasteiger partial charge < -0.3 is 16.4 Å². The third kappa shape index (κ3) is 4.31. The molecule has 1 rings (SSSR count). The zero-order valence-corrected chi connectivity index (χ0v) is 9.73. The van der Waals surface area contributed by atoms with Gasteiger partial charge in [0.15, 0.2) is 0 Å². The van der Waals surface area contributed by atoms with E-state index in [1.54, 1.807) is 0 Å². The fraction of sp³-hybridized carbons (Fsp3) is 0.600. The van der Waals surface area contributed by atoms with E-state index in [0.717, 1.165) is 5.69 Å². The predicted octanol–water partition coefficient (Wildman–Crippen LogP) is 0.222. The minimum atomic E-state index is -0.495. The summed E-state index contributed by atoms with van der Waals surface area (Å²) in [5, 5.41) is 10.1. The summed E-state index contributed by atoms with van der Waals surface area (Å²) in [4.78, 5) is 10.4. The minimum Gasteiger partial charge on any atom is -0.352 e. The normalized spacial score (nSPS) is 10.7. The number of urea groups is 1. The summed E-state index contributed by atoms with van der Waals surface area (Å²) in [7, 11) is 0. The number of aromatic nitrogens is 2. The zero-order chi connectivity index (χ0) is 12.0. The molecule has 4 N–H and O–H groups in total. The summed E-state index contributed by atoms with van der Waals surface area (Å²) >= 11 is 0. The van der Waals surface area contributed by atoms with Crippen LogP contribution in [-0.2, 0) is 6.54 Å². The van der Waals surface area contributed by atoms with Gasteiger partial charge in [0.05, 0.1) is 5.69 Å². The smallest absolute Gasteiger partial charge is 0.312 e. The molecule has 0 unspecified atom stereocenters. The Kier molecular flexibility index (Phi) is 4.78. The van der Waals surface area contributed by atoms with Crippen LogP contribution in [-0.4, -0.2) is 28.9 Å². The lowest BCUT2D eigenvalue weighted by molar-refractivity contribution is 0.249. The highest BCUT2D eigenvalue weighted by molar-refractivity contribution is 5.71. The average molecular weight is 225 g/mol. The van der Waals surface area contributed by atoms with Gasteiger partial charge in [-0.05, 0) is 19.9 Å². The highest BCUT2D eigenvalue weighted by Crippen LogP contribution is 2.03. The molecule has 0 radical (unpaired) electrons. The Morgan fingerprint density at radius 1 is 1.56 bits per heavy atom. The maximum Gasteiger partial charge on any atom is 0.312 e. The van der Waals surface area contributed by atoms with Gasteiger partial charge in [-0.3, -0.25) is 4.68 Å². The number of hydrogen-bond acceptors (Lipinski definition) is 3. The molecule has 0 bridgehead atoms. The second-order valence-electron chi connectivity index (χ2n) is 3.85. The Bertz CT molecular complexity index is 334. The second-order valence-corrected chi connectivity index (χ2v) is 3.85. The van der Waals surface area contributed by atoms with Crippen molar-refractivity contribution in [1.82, 2.24) is 20.4 Å². The molecule has 6 heteroatoms. The first kappa shape index (κ1) is 12.5. The highest BCUT2D eigenvalue weighted by Gasteiger charge is 2.01. The topological polar surface area (TPSA) is 85.0 Å². The molecule has 16 heavy (non-hydrogen) atoms. The molecule has 0 atom stereocenters. The number of amides is 2. The number of rotatable bonds is 6. The Labute approximate surface area is 95.2 Å². The highest BCUT2D eigenvalue weighted by atomic mass is 16.2. The number of carbonyl (C=O) groups excluding carboxylic acids is 1. The van der Waals surface area contributed by atoms with Gasteiger partial charge in [0.25, 0.3) is 0 Å². The monoisotopic (exact) mass is 225 g/mol. The Morgan fingerprint density at radius 3 is 2.88 bits per heavy atom. The summed E-state index contributed by atoms with van der Waals surface area (Å²) in [5.74, 6) is 0. The molecule has 90 valence electrons. The molecule has 2 amide bonds. The maximum atomic E-state index is 10.4. The SMILES string of the molecule is CC(C)n1ccc(CNCCNC(N)=O)n1. The van der Waals surface area contributed by atoms with Gasteiger partial charge in [0, 0.05) is 31.9 Å². The number of nitrogens with one attached hydrogen (secondary N) is 2. The van der Waals surface area contributed by atoms with E-state index in [9.17, 15) is 4.79 Å². The van der Waals surface area contributed by atoms with Crippen molar-refractivity contribution in [2.24, 2.45) is 5.73 Å². The van der Waals surface area contributed by atoms with Crippen molar-refractivity contribution in [3.63, 3.8) is 0 Å². The zero-order valence-electron chi connectivity index (χ0n) is 9.73. The van der Waals surface area contributed by atoms with Gasteiger partial charge in [0.2, 0.25) is 0 Å². The number of hydrogen-bond donors (Lipinski definition) is 3. The fourth-order valence-electron chi connectivity index (χ4n) is 1.25. The largest absolute Gasteiger partial charge is 0.352 e. The van der Waals surface area contributed by atoms with Crippen molar-refractivity contribution in [2.75, 3.05) is 13.1 Å². The van der Waals surface area contributed by atoms with Crippen molar-refractivity contribution < 1.29 is 4.79 Å². The summed E-state index contributed by atoms with van der Waals surface area (Å²) in [6.45, 7) is 6.07. The molecule has 0 spiro atoms. The van der Waals surface area contributed by atoms with E-state index in [4.69, 9.17) is 5.73 Å². The molecule has 0 aliphatic carbocycles. The summed E-state index contributed by atoms with van der Waals surface area (Å²) in [5.41, 5.74) is 5.92. The molecular weight excluding hydrogens is 206 g/mol. The third-order valence-corrected chi connectivity index (χ3v) is 2.10. The molecule has 1 aromatic rings. The van der Waals surface area contributed by atoms with Crippen molar-refractivity contribution >= 4 is 6.03 Å². The Hall–Kier alpha value is -1.56. The van der Waals surface area contributed by atoms with Crippen molar-refractivity contribution in [1.29, 1.82) is 0 Å². The van der Waals surface area contributed by atoms with Crippen LogP contribution in [0.15, 0.2) is 12.3 Å². The second kappa shape index (κ2) is 6.12. The molecule has 1 aromatic heterocycles. The first-order valence-electron chi connectivity index (χ1n) is 5.37. The van der Waals surface area contributed by atoms with Gasteiger partial charge in [-0.15, -0.1) is 0 Å². The van der Waals surface area contributed by atoms with E-state index < -0.39 is 6.03 Å². The molecule has 0 aliphatic rings. The predicted molar refractivity (Wildman–Crippen MR) is 61.9 cm³/mol.